The highest BCUT2D eigenvalue weighted by Gasteiger charge is 2.01. The van der Waals surface area contributed by atoms with Crippen molar-refractivity contribution in [3.8, 4) is 0 Å². The maximum Gasteiger partial charge on any atom is 0.114 e. The van der Waals surface area contributed by atoms with Crippen molar-refractivity contribution in [3.05, 3.63) is 17.0 Å². The monoisotopic (exact) mass is 167 g/mol. The SMILES string of the molecule is CCO/N=C/c1c(C)n[nH]c1C. The van der Waals surface area contributed by atoms with E-state index in [-0.39, 0.29) is 0 Å². The van der Waals surface area contributed by atoms with Crippen LogP contribution in [-0.4, -0.2) is 23.0 Å². The number of hydrogen-bond donors (Lipinski definition) is 1. The number of hydrogen-bond acceptors (Lipinski definition) is 3. The Morgan fingerprint density at radius 1 is 1.58 bits per heavy atom. The second-order valence-electron chi connectivity index (χ2n) is 2.50. The molecule has 0 bridgehead atoms. The fourth-order valence-electron chi connectivity index (χ4n) is 0.914. The van der Waals surface area contributed by atoms with E-state index in [2.05, 4.69) is 15.4 Å². The van der Waals surface area contributed by atoms with Gasteiger partial charge in [0, 0.05) is 11.3 Å². The second-order valence-corrected chi connectivity index (χ2v) is 2.50. The maximum absolute atomic E-state index is 4.84. The topological polar surface area (TPSA) is 50.3 Å². The van der Waals surface area contributed by atoms with Crippen molar-refractivity contribution in [2.45, 2.75) is 20.8 Å². The average molecular weight is 167 g/mol. The summed E-state index contributed by atoms with van der Waals surface area (Å²) in [4.78, 5) is 4.84. The van der Waals surface area contributed by atoms with Gasteiger partial charge in [0.2, 0.25) is 0 Å². The van der Waals surface area contributed by atoms with Gasteiger partial charge in [0.25, 0.3) is 0 Å². The summed E-state index contributed by atoms with van der Waals surface area (Å²) in [6.07, 6.45) is 1.68. The lowest BCUT2D eigenvalue weighted by molar-refractivity contribution is 0.160. The van der Waals surface area contributed by atoms with Crippen LogP contribution in [-0.2, 0) is 4.84 Å². The first kappa shape index (κ1) is 8.77. The molecule has 1 heterocycles. The van der Waals surface area contributed by atoms with Crippen molar-refractivity contribution in [1.29, 1.82) is 0 Å². The van der Waals surface area contributed by atoms with Gasteiger partial charge in [0.05, 0.1) is 11.9 Å². The molecule has 0 saturated carbocycles. The summed E-state index contributed by atoms with van der Waals surface area (Å²) >= 11 is 0. The first-order valence-electron chi connectivity index (χ1n) is 3.92. The van der Waals surface area contributed by atoms with Crippen LogP contribution in [0.5, 0.6) is 0 Å². The maximum atomic E-state index is 4.84. The third kappa shape index (κ3) is 1.84. The van der Waals surface area contributed by atoms with Gasteiger partial charge in [0.1, 0.15) is 6.61 Å². The molecule has 1 aromatic heterocycles. The second kappa shape index (κ2) is 3.90. The van der Waals surface area contributed by atoms with E-state index < -0.39 is 0 Å². The molecule has 1 aromatic rings. The van der Waals surface area contributed by atoms with Gasteiger partial charge < -0.3 is 4.84 Å². The minimum Gasteiger partial charge on any atom is -0.396 e. The van der Waals surface area contributed by atoms with Crippen molar-refractivity contribution < 1.29 is 4.84 Å². The number of nitrogens with zero attached hydrogens (tertiary/aromatic N) is 2. The Kier molecular flexibility index (Phi) is 2.85. The molecule has 66 valence electrons. The van der Waals surface area contributed by atoms with Crippen LogP contribution in [0.2, 0.25) is 0 Å². The lowest BCUT2D eigenvalue weighted by Gasteiger charge is -1.91. The molecule has 0 atom stereocenters. The van der Waals surface area contributed by atoms with Crippen LogP contribution in [0.15, 0.2) is 5.16 Å². The largest absolute Gasteiger partial charge is 0.396 e. The van der Waals surface area contributed by atoms with E-state index in [0.29, 0.717) is 6.61 Å². The van der Waals surface area contributed by atoms with E-state index in [1.165, 1.54) is 0 Å². The molecular formula is C8H13N3O. The number of H-pyrrole nitrogens is 1. The number of aromatic nitrogens is 2. The van der Waals surface area contributed by atoms with Gasteiger partial charge in [-0.15, -0.1) is 0 Å². The smallest absolute Gasteiger partial charge is 0.114 e. The Balaban J connectivity index is 2.73. The van der Waals surface area contributed by atoms with Crippen LogP contribution in [0.25, 0.3) is 0 Å². The fourth-order valence-corrected chi connectivity index (χ4v) is 0.914. The summed E-state index contributed by atoms with van der Waals surface area (Å²) in [7, 11) is 0. The van der Waals surface area contributed by atoms with Crippen LogP contribution in [0.1, 0.15) is 23.9 Å². The van der Waals surface area contributed by atoms with Gasteiger partial charge in [-0.1, -0.05) is 5.16 Å². The van der Waals surface area contributed by atoms with E-state index in [1.807, 2.05) is 20.8 Å². The summed E-state index contributed by atoms with van der Waals surface area (Å²) in [6.45, 7) is 6.36. The van der Waals surface area contributed by atoms with Crippen molar-refractivity contribution >= 4 is 6.21 Å². The lowest BCUT2D eigenvalue weighted by Crippen LogP contribution is -1.87. The molecule has 4 heteroatoms. The summed E-state index contributed by atoms with van der Waals surface area (Å²) in [5.41, 5.74) is 2.95. The van der Waals surface area contributed by atoms with E-state index in [1.54, 1.807) is 6.21 Å². The fraction of sp³-hybridized carbons (Fsp3) is 0.500. The van der Waals surface area contributed by atoms with Gasteiger partial charge >= 0.3 is 0 Å². The highest BCUT2D eigenvalue weighted by Crippen LogP contribution is 2.05. The molecule has 0 radical (unpaired) electrons. The van der Waals surface area contributed by atoms with Gasteiger partial charge in [-0.3, -0.25) is 5.10 Å². The van der Waals surface area contributed by atoms with Gasteiger partial charge in [-0.25, -0.2) is 0 Å². The number of oxime groups is 1. The van der Waals surface area contributed by atoms with Gasteiger partial charge in [-0.05, 0) is 20.8 Å². The molecule has 1 N–H and O–H groups in total. The first-order valence-corrected chi connectivity index (χ1v) is 3.92. The Bertz CT molecular complexity index is 258. The molecule has 0 aromatic carbocycles. The van der Waals surface area contributed by atoms with E-state index >= 15 is 0 Å². The van der Waals surface area contributed by atoms with E-state index in [0.717, 1.165) is 17.0 Å². The molecule has 0 aliphatic carbocycles. The number of nitrogens with one attached hydrogen (secondary N) is 1. The number of aryl methyl sites for hydroxylation is 2. The zero-order valence-corrected chi connectivity index (χ0v) is 7.59. The minimum absolute atomic E-state index is 0.590. The Morgan fingerprint density at radius 3 is 2.83 bits per heavy atom. The van der Waals surface area contributed by atoms with Gasteiger partial charge in [0.15, 0.2) is 0 Å². The summed E-state index contributed by atoms with van der Waals surface area (Å²) in [5, 5.41) is 10.7. The van der Waals surface area contributed by atoms with Crippen LogP contribution in [0.3, 0.4) is 0 Å². The summed E-state index contributed by atoms with van der Waals surface area (Å²) in [5.74, 6) is 0. The van der Waals surface area contributed by atoms with Crippen molar-refractivity contribution in [3.63, 3.8) is 0 Å². The van der Waals surface area contributed by atoms with Crippen LogP contribution >= 0.6 is 0 Å². The predicted molar refractivity (Wildman–Crippen MR) is 47.3 cm³/mol. The highest BCUT2D eigenvalue weighted by molar-refractivity contribution is 5.81. The molecule has 4 nitrogen and oxygen atoms in total. The number of aromatic amines is 1. The molecule has 0 fully saturated rings. The van der Waals surface area contributed by atoms with Crippen molar-refractivity contribution in [1.82, 2.24) is 10.2 Å². The molecule has 0 saturated heterocycles. The third-order valence-electron chi connectivity index (χ3n) is 1.57. The molecule has 1 rings (SSSR count). The summed E-state index contributed by atoms with van der Waals surface area (Å²) in [6, 6.07) is 0. The average Bonchev–Trinajstić information content (AvgIpc) is 2.35. The van der Waals surface area contributed by atoms with Crippen LogP contribution < -0.4 is 0 Å². The minimum atomic E-state index is 0.590. The molecule has 0 unspecified atom stereocenters. The standard InChI is InChI=1S/C8H13N3O/c1-4-12-9-5-8-6(2)10-11-7(8)3/h5H,4H2,1-3H3,(H,10,11)/b9-5+. The molecule has 0 aliphatic rings. The first-order chi connectivity index (χ1) is 5.75. The normalized spacial score (nSPS) is 10.9. The lowest BCUT2D eigenvalue weighted by atomic mass is 10.2. The van der Waals surface area contributed by atoms with Crippen molar-refractivity contribution in [2.75, 3.05) is 6.61 Å². The summed E-state index contributed by atoms with van der Waals surface area (Å²) < 4.78 is 0. The number of rotatable bonds is 3. The quantitative estimate of drug-likeness (QED) is 0.546. The molecule has 0 aliphatic heterocycles. The zero-order valence-electron chi connectivity index (χ0n) is 7.59. The van der Waals surface area contributed by atoms with Crippen LogP contribution in [0.4, 0.5) is 0 Å². The van der Waals surface area contributed by atoms with E-state index in [4.69, 9.17) is 4.84 Å². The van der Waals surface area contributed by atoms with Gasteiger partial charge in [-0.2, -0.15) is 5.10 Å². The Hall–Kier alpha value is -1.32. The third-order valence-corrected chi connectivity index (χ3v) is 1.57. The Morgan fingerprint density at radius 2 is 2.33 bits per heavy atom. The van der Waals surface area contributed by atoms with Crippen LogP contribution in [0, 0.1) is 13.8 Å². The Labute approximate surface area is 71.6 Å². The predicted octanol–water partition coefficient (Wildman–Crippen LogP) is 1.40. The highest BCUT2D eigenvalue weighted by atomic mass is 16.6. The van der Waals surface area contributed by atoms with Crippen molar-refractivity contribution in [2.24, 2.45) is 5.16 Å². The molecule has 12 heavy (non-hydrogen) atoms. The zero-order chi connectivity index (χ0) is 8.97. The molecule has 0 amide bonds. The molecule has 0 spiro atoms. The molecular weight excluding hydrogens is 154 g/mol. The van der Waals surface area contributed by atoms with E-state index in [9.17, 15) is 0 Å².